The molecule has 4 nitrogen and oxygen atoms in total. The zero-order valence-electron chi connectivity index (χ0n) is 9.85. The molecule has 19 heavy (non-hydrogen) atoms. The van der Waals surface area contributed by atoms with E-state index in [1.807, 2.05) is 0 Å². The second-order valence-corrected chi connectivity index (χ2v) is 4.16. The lowest BCUT2D eigenvalue weighted by atomic mass is 9.79. The molecule has 1 saturated heterocycles. The summed E-state index contributed by atoms with van der Waals surface area (Å²) in [4.78, 5) is 0. The number of hydrogen-bond acceptors (Lipinski definition) is 4. The van der Waals surface area contributed by atoms with Gasteiger partial charge >= 0.3 is 13.3 Å². The third-order valence-corrected chi connectivity index (χ3v) is 2.84. The molecule has 0 aliphatic carbocycles. The molecule has 0 amide bonds. The Kier molecular flexibility index (Phi) is 3.86. The number of ether oxygens (including phenoxy) is 2. The van der Waals surface area contributed by atoms with E-state index in [1.165, 1.54) is 18.2 Å². The quantitative estimate of drug-likeness (QED) is 0.773. The average molecular weight is 276 g/mol. The number of alkyl halides is 3. The van der Waals surface area contributed by atoms with Crippen LogP contribution < -0.4 is 5.46 Å². The van der Waals surface area contributed by atoms with Crippen LogP contribution in [-0.2, 0) is 15.3 Å². The summed E-state index contributed by atoms with van der Waals surface area (Å²) in [6, 6.07) is 4.80. The molecule has 1 aromatic rings. The number of rotatable bonds is 2. The van der Waals surface area contributed by atoms with E-state index in [2.05, 4.69) is 0 Å². The van der Waals surface area contributed by atoms with Crippen LogP contribution >= 0.6 is 0 Å². The fourth-order valence-electron chi connectivity index (χ4n) is 1.93. The van der Waals surface area contributed by atoms with Crippen molar-refractivity contribution in [2.45, 2.75) is 18.4 Å². The van der Waals surface area contributed by atoms with Gasteiger partial charge in [-0.3, -0.25) is 0 Å². The predicted octanol–water partition coefficient (Wildman–Crippen LogP) is 0.518. The van der Waals surface area contributed by atoms with Gasteiger partial charge in [-0.15, -0.1) is 0 Å². The monoisotopic (exact) mass is 276 g/mol. The summed E-state index contributed by atoms with van der Waals surface area (Å²) in [6.45, 7) is -0.156. The van der Waals surface area contributed by atoms with E-state index in [9.17, 15) is 13.2 Å². The smallest absolute Gasteiger partial charge is 0.423 e. The zero-order chi connectivity index (χ0) is 14.1. The van der Waals surface area contributed by atoms with Gasteiger partial charge in [-0.25, -0.2) is 0 Å². The minimum atomic E-state index is -4.76. The molecular weight excluding hydrogens is 264 g/mol. The molecular formula is C11H12BF3O4. The summed E-state index contributed by atoms with van der Waals surface area (Å²) in [5.41, 5.74) is -0.357. The first-order valence-corrected chi connectivity index (χ1v) is 5.68. The third-order valence-electron chi connectivity index (χ3n) is 2.84. The molecule has 1 heterocycles. The molecule has 1 aliphatic rings. The molecule has 2 rings (SSSR count). The van der Waals surface area contributed by atoms with Gasteiger partial charge in [0.2, 0.25) is 0 Å². The highest BCUT2D eigenvalue weighted by molar-refractivity contribution is 6.58. The fourth-order valence-corrected chi connectivity index (χ4v) is 1.93. The first kappa shape index (κ1) is 14.3. The number of benzene rings is 1. The topological polar surface area (TPSA) is 58.9 Å². The van der Waals surface area contributed by atoms with E-state index in [4.69, 9.17) is 19.5 Å². The van der Waals surface area contributed by atoms with Gasteiger partial charge < -0.3 is 19.5 Å². The van der Waals surface area contributed by atoms with Crippen LogP contribution in [-0.4, -0.2) is 36.6 Å². The van der Waals surface area contributed by atoms with E-state index in [0.29, 0.717) is 6.42 Å². The van der Waals surface area contributed by atoms with Gasteiger partial charge in [0, 0.05) is 5.56 Å². The van der Waals surface area contributed by atoms with Crippen molar-refractivity contribution in [2.24, 2.45) is 0 Å². The Bertz CT molecular complexity index is 444. The SMILES string of the molecule is OB(O)c1cccc(C2(C(F)(F)F)OCCCO2)c1. The Labute approximate surface area is 107 Å². The first-order valence-electron chi connectivity index (χ1n) is 5.68. The summed E-state index contributed by atoms with van der Waals surface area (Å²) in [5, 5.41) is 18.1. The minimum Gasteiger partial charge on any atom is -0.423 e. The van der Waals surface area contributed by atoms with Crippen LogP contribution in [0.1, 0.15) is 12.0 Å². The van der Waals surface area contributed by atoms with Crippen LogP contribution in [0.4, 0.5) is 13.2 Å². The second-order valence-electron chi connectivity index (χ2n) is 4.16. The predicted molar refractivity (Wildman–Crippen MR) is 60.5 cm³/mol. The van der Waals surface area contributed by atoms with Crippen molar-refractivity contribution in [3.05, 3.63) is 29.8 Å². The largest absolute Gasteiger partial charge is 0.488 e. The lowest BCUT2D eigenvalue weighted by Gasteiger charge is -2.38. The van der Waals surface area contributed by atoms with Gasteiger partial charge in [-0.2, -0.15) is 13.2 Å². The maximum atomic E-state index is 13.2. The molecule has 0 bridgehead atoms. The standard InChI is InChI=1S/C11H12BF3O4/c13-11(14,15)10(18-5-2-6-19-10)8-3-1-4-9(7-8)12(16)17/h1,3-4,7,16-17H,2,5-6H2. The third kappa shape index (κ3) is 2.62. The molecule has 0 saturated carbocycles. The Morgan fingerprint density at radius 1 is 1.16 bits per heavy atom. The van der Waals surface area contributed by atoms with Crippen molar-refractivity contribution in [1.29, 1.82) is 0 Å². The Balaban J connectivity index is 2.47. The highest BCUT2D eigenvalue weighted by atomic mass is 19.4. The highest BCUT2D eigenvalue weighted by Crippen LogP contribution is 2.44. The minimum absolute atomic E-state index is 0.0566. The molecule has 0 unspecified atom stereocenters. The van der Waals surface area contributed by atoms with Crippen LogP contribution in [0.25, 0.3) is 0 Å². The maximum absolute atomic E-state index is 13.2. The van der Waals surface area contributed by atoms with Gasteiger partial charge in [0.15, 0.2) is 0 Å². The summed E-state index contributed by atoms with van der Waals surface area (Å²) < 4.78 is 49.4. The Morgan fingerprint density at radius 2 is 1.79 bits per heavy atom. The van der Waals surface area contributed by atoms with E-state index in [0.717, 1.165) is 6.07 Å². The molecule has 8 heteroatoms. The zero-order valence-corrected chi connectivity index (χ0v) is 9.85. The normalized spacial score (nSPS) is 19.2. The molecule has 0 radical (unpaired) electrons. The lowest BCUT2D eigenvalue weighted by molar-refractivity contribution is -0.406. The van der Waals surface area contributed by atoms with Gasteiger partial charge in [0.1, 0.15) is 0 Å². The summed E-state index contributed by atoms with van der Waals surface area (Å²) >= 11 is 0. The van der Waals surface area contributed by atoms with Gasteiger partial charge in [0.05, 0.1) is 13.2 Å². The molecule has 1 fully saturated rings. The summed E-state index contributed by atoms with van der Waals surface area (Å²) in [5.74, 6) is -2.84. The van der Waals surface area contributed by atoms with Crippen LogP contribution in [0.2, 0.25) is 0 Å². The fraction of sp³-hybridized carbons (Fsp3) is 0.455. The second kappa shape index (κ2) is 5.12. The van der Waals surface area contributed by atoms with Crippen LogP contribution in [0.15, 0.2) is 24.3 Å². The van der Waals surface area contributed by atoms with Crippen molar-refractivity contribution in [2.75, 3.05) is 13.2 Å². The van der Waals surface area contributed by atoms with Gasteiger partial charge in [-0.05, 0) is 11.9 Å². The van der Waals surface area contributed by atoms with Crippen LogP contribution in [0.3, 0.4) is 0 Å². The van der Waals surface area contributed by atoms with Gasteiger partial charge in [-0.1, -0.05) is 24.3 Å². The number of halogens is 3. The summed E-state index contributed by atoms with van der Waals surface area (Å²) in [6.07, 6.45) is -4.38. The molecule has 1 aliphatic heterocycles. The van der Waals surface area contributed by atoms with Crippen molar-refractivity contribution in [3.8, 4) is 0 Å². The lowest BCUT2D eigenvalue weighted by Crippen LogP contribution is -2.50. The summed E-state index contributed by atoms with van der Waals surface area (Å²) in [7, 11) is -1.85. The van der Waals surface area contributed by atoms with Crippen molar-refractivity contribution in [3.63, 3.8) is 0 Å². The molecule has 0 atom stereocenters. The van der Waals surface area contributed by atoms with Crippen LogP contribution in [0.5, 0.6) is 0 Å². The molecule has 104 valence electrons. The van der Waals surface area contributed by atoms with Crippen LogP contribution in [0, 0.1) is 0 Å². The Hall–Kier alpha value is -1.09. The van der Waals surface area contributed by atoms with Crippen molar-refractivity contribution >= 4 is 12.6 Å². The van der Waals surface area contributed by atoms with Crippen molar-refractivity contribution < 1.29 is 32.7 Å². The highest BCUT2D eigenvalue weighted by Gasteiger charge is 2.60. The van der Waals surface area contributed by atoms with E-state index >= 15 is 0 Å². The van der Waals surface area contributed by atoms with E-state index in [-0.39, 0.29) is 24.2 Å². The number of hydrogen-bond donors (Lipinski definition) is 2. The first-order chi connectivity index (χ1) is 8.87. The molecule has 0 aromatic heterocycles. The Morgan fingerprint density at radius 3 is 2.32 bits per heavy atom. The maximum Gasteiger partial charge on any atom is 0.488 e. The molecule has 1 aromatic carbocycles. The van der Waals surface area contributed by atoms with Gasteiger partial charge in [0.25, 0.3) is 5.79 Å². The van der Waals surface area contributed by atoms with Crippen molar-refractivity contribution in [1.82, 2.24) is 0 Å². The van der Waals surface area contributed by atoms with E-state index < -0.39 is 19.1 Å². The molecule has 2 N–H and O–H groups in total. The average Bonchev–Trinajstić information content (AvgIpc) is 2.38. The van der Waals surface area contributed by atoms with E-state index in [1.54, 1.807) is 0 Å². The molecule has 0 spiro atoms.